The van der Waals surface area contributed by atoms with Crippen molar-refractivity contribution in [2.24, 2.45) is 0 Å². The Morgan fingerprint density at radius 1 is 1.17 bits per heavy atom. The maximum atomic E-state index is 12.7. The number of halogens is 1. The lowest BCUT2D eigenvalue weighted by Crippen LogP contribution is -2.42. The Morgan fingerprint density at radius 2 is 1.67 bits per heavy atom. The van der Waals surface area contributed by atoms with Crippen LogP contribution in [-0.4, -0.2) is 35.0 Å². The van der Waals surface area contributed by atoms with E-state index in [-0.39, 0.29) is 4.90 Å². The lowest BCUT2D eigenvalue weighted by Gasteiger charge is -2.21. The fraction of sp³-hybridized carbons (Fsp3) is 0.455. The number of methoxy groups -OCH3 is 2. The number of sulfonamides is 1. The second-order valence-corrected chi connectivity index (χ2v) is 5.42. The van der Waals surface area contributed by atoms with Gasteiger partial charge in [0, 0.05) is 14.2 Å². The van der Waals surface area contributed by atoms with Crippen LogP contribution in [0.5, 0.6) is 0 Å². The molecule has 0 aliphatic rings. The number of rotatable bonds is 6. The molecule has 0 heterocycles. The van der Waals surface area contributed by atoms with Crippen LogP contribution in [0.1, 0.15) is 6.92 Å². The van der Waals surface area contributed by atoms with Crippen LogP contribution in [-0.2, 0) is 19.5 Å². The molecule has 0 bridgehead atoms. The maximum absolute atomic E-state index is 12.7. The number of benzene rings is 1. The Labute approximate surface area is 106 Å². The molecule has 102 valence electrons. The molecule has 0 spiro atoms. The smallest absolute Gasteiger partial charge is 0.240 e. The number of hydrogen-bond donors (Lipinski definition) is 1. The van der Waals surface area contributed by atoms with Gasteiger partial charge in [0.15, 0.2) is 6.29 Å². The van der Waals surface area contributed by atoms with Gasteiger partial charge in [-0.05, 0) is 31.2 Å². The molecule has 0 fully saturated rings. The van der Waals surface area contributed by atoms with E-state index in [9.17, 15) is 12.8 Å². The highest BCUT2D eigenvalue weighted by Crippen LogP contribution is 2.11. The van der Waals surface area contributed by atoms with Crippen molar-refractivity contribution in [3.63, 3.8) is 0 Å². The molecule has 0 aliphatic carbocycles. The summed E-state index contributed by atoms with van der Waals surface area (Å²) in [5, 5.41) is 0. The third-order valence-electron chi connectivity index (χ3n) is 2.34. The normalized spacial score (nSPS) is 13.8. The topological polar surface area (TPSA) is 64.6 Å². The standard InChI is InChI=1S/C11H16FNO4S/c1-8(11(16-2)17-3)13-18(14,15)10-6-4-9(12)5-7-10/h4-8,11,13H,1-3H3. The minimum absolute atomic E-state index is 0.0123. The van der Waals surface area contributed by atoms with Gasteiger partial charge in [0.05, 0.1) is 10.9 Å². The van der Waals surface area contributed by atoms with Crippen molar-refractivity contribution in [1.29, 1.82) is 0 Å². The van der Waals surface area contributed by atoms with Gasteiger partial charge < -0.3 is 9.47 Å². The molecular formula is C11H16FNO4S. The first-order valence-corrected chi connectivity index (χ1v) is 6.72. The van der Waals surface area contributed by atoms with Gasteiger partial charge >= 0.3 is 0 Å². The Balaban J connectivity index is 2.85. The summed E-state index contributed by atoms with van der Waals surface area (Å²) in [5.74, 6) is -0.492. The molecule has 0 radical (unpaired) electrons. The number of nitrogens with one attached hydrogen (secondary N) is 1. The van der Waals surface area contributed by atoms with E-state index >= 15 is 0 Å². The van der Waals surface area contributed by atoms with Gasteiger partial charge in [-0.25, -0.2) is 17.5 Å². The molecule has 0 aliphatic heterocycles. The van der Waals surface area contributed by atoms with Crippen molar-refractivity contribution in [3.05, 3.63) is 30.1 Å². The van der Waals surface area contributed by atoms with E-state index in [1.165, 1.54) is 26.4 Å². The largest absolute Gasteiger partial charge is 0.354 e. The van der Waals surface area contributed by atoms with Gasteiger partial charge in [-0.1, -0.05) is 0 Å². The third-order valence-corrected chi connectivity index (χ3v) is 3.91. The van der Waals surface area contributed by atoms with Crippen LogP contribution in [0.15, 0.2) is 29.2 Å². The van der Waals surface area contributed by atoms with Crippen molar-refractivity contribution in [2.75, 3.05) is 14.2 Å². The summed E-state index contributed by atoms with van der Waals surface area (Å²) in [5.41, 5.74) is 0. The molecule has 0 saturated heterocycles. The lowest BCUT2D eigenvalue weighted by atomic mass is 10.3. The van der Waals surface area contributed by atoms with Crippen molar-refractivity contribution in [3.8, 4) is 0 Å². The summed E-state index contributed by atoms with van der Waals surface area (Å²) >= 11 is 0. The highest BCUT2D eigenvalue weighted by atomic mass is 32.2. The minimum atomic E-state index is -3.72. The summed E-state index contributed by atoms with van der Waals surface area (Å²) in [6, 6.07) is 3.99. The second-order valence-electron chi connectivity index (χ2n) is 3.70. The van der Waals surface area contributed by atoms with Crippen LogP contribution in [0.4, 0.5) is 4.39 Å². The van der Waals surface area contributed by atoms with Crippen molar-refractivity contribution in [1.82, 2.24) is 4.72 Å². The van der Waals surface area contributed by atoms with Crippen molar-refractivity contribution >= 4 is 10.0 Å². The van der Waals surface area contributed by atoms with Crippen LogP contribution >= 0.6 is 0 Å². The zero-order valence-corrected chi connectivity index (χ0v) is 11.2. The maximum Gasteiger partial charge on any atom is 0.240 e. The second kappa shape index (κ2) is 6.24. The average molecular weight is 277 g/mol. The van der Waals surface area contributed by atoms with Gasteiger partial charge in [0.25, 0.3) is 0 Å². The number of ether oxygens (including phenoxy) is 2. The van der Waals surface area contributed by atoms with E-state index in [1.807, 2.05) is 0 Å². The summed E-state index contributed by atoms with van der Waals surface area (Å²) in [4.78, 5) is -0.0123. The first kappa shape index (κ1) is 15.0. The molecule has 7 heteroatoms. The highest BCUT2D eigenvalue weighted by Gasteiger charge is 2.23. The summed E-state index contributed by atoms with van der Waals surface area (Å²) in [6.45, 7) is 1.61. The van der Waals surface area contributed by atoms with Gasteiger partial charge in [-0.15, -0.1) is 0 Å². The molecule has 1 aromatic carbocycles. The van der Waals surface area contributed by atoms with E-state index in [2.05, 4.69) is 4.72 Å². The van der Waals surface area contributed by atoms with Gasteiger partial charge in [0.2, 0.25) is 10.0 Å². The van der Waals surface area contributed by atoms with Crippen LogP contribution < -0.4 is 4.72 Å². The van der Waals surface area contributed by atoms with E-state index in [0.29, 0.717) is 0 Å². The van der Waals surface area contributed by atoms with Crippen molar-refractivity contribution < 1.29 is 22.3 Å². The third kappa shape index (κ3) is 3.74. The number of hydrogen-bond acceptors (Lipinski definition) is 4. The van der Waals surface area contributed by atoms with E-state index in [4.69, 9.17) is 9.47 Å². The monoisotopic (exact) mass is 277 g/mol. The molecule has 0 aromatic heterocycles. The van der Waals surface area contributed by atoms with E-state index < -0.39 is 28.2 Å². The molecule has 1 rings (SSSR count). The fourth-order valence-electron chi connectivity index (χ4n) is 1.49. The average Bonchev–Trinajstić information content (AvgIpc) is 2.30. The molecule has 1 unspecified atom stereocenters. The first-order chi connectivity index (χ1) is 8.40. The SMILES string of the molecule is COC(OC)C(C)NS(=O)(=O)c1ccc(F)cc1. The van der Waals surface area contributed by atoms with Crippen LogP contribution in [0, 0.1) is 5.82 Å². The summed E-state index contributed by atoms with van der Waals surface area (Å²) in [7, 11) is -0.891. The molecule has 5 nitrogen and oxygen atoms in total. The highest BCUT2D eigenvalue weighted by molar-refractivity contribution is 7.89. The Bertz CT molecular complexity index is 470. The van der Waals surface area contributed by atoms with Gasteiger partial charge in [0.1, 0.15) is 5.82 Å². The zero-order valence-electron chi connectivity index (χ0n) is 10.4. The predicted octanol–water partition coefficient (Wildman–Crippen LogP) is 1.11. The Morgan fingerprint density at radius 3 is 2.11 bits per heavy atom. The molecular weight excluding hydrogens is 261 g/mol. The molecule has 1 aromatic rings. The molecule has 0 amide bonds. The Hall–Kier alpha value is -1.02. The molecule has 1 atom stereocenters. The van der Waals surface area contributed by atoms with E-state index in [1.54, 1.807) is 6.92 Å². The zero-order chi connectivity index (χ0) is 13.8. The molecule has 0 saturated carbocycles. The predicted molar refractivity (Wildman–Crippen MR) is 64.0 cm³/mol. The molecule has 18 heavy (non-hydrogen) atoms. The summed E-state index contributed by atoms with van der Waals surface area (Å²) in [6.07, 6.45) is -0.694. The quantitative estimate of drug-likeness (QED) is 0.791. The van der Waals surface area contributed by atoms with Gasteiger partial charge in [-0.3, -0.25) is 0 Å². The summed E-state index contributed by atoms with van der Waals surface area (Å²) < 4.78 is 48.9. The first-order valence-electron chi connectivity index (χ1n) is 5.24. The van der Waals surface area contributed by atoms with Crippen LogP contribution in [0.2, 0.25) is 0 Å². The fourth-order valence-corrected chi connectivity index (χ4v) is 2.72. The lowest BCUT2D eigenvalue weighted by molar-refractivity contribution is -0.115. The van der Waals surface area contributed by atoms with Crippen molar-refractivity contribution in [2.45, 2.75) is 24.2 Å². The minimum Gasteiger partial charge on any atom is -0.354 e. The van der Waals surface area contributed by atoms with Gasteiger partial charge in [-0.2, -0.15) is 0 Å². The van der Waals surface area contributed by atoms with Crippen LogP contribution in [0.3, 0.4) is 0 Å². The Kier molecular flexibility index (Phi) is 5.21. The van der Waals surface area contributed by atoms with E-state index in [0.717, 1.165) is 12.1 Å². The molecule has 1 N–H and O–H groups in total. The van der Waals surface area contributed by atoms with Crippen LogP contribution in [0.25, 0.3) is 0 Å².